The van der Waals surface area contributed by atoms with Gasteiger partial charge in [0.25, 0.3) is 0 Å². The van der Waals surface area contributed by atoms with Gasteiger partial charge in [-0.2, -0.15) is 0 Å². The summed E-state index contributed by atoms with van der Waals surface area (Å²) in [7, 11) is 1.70. The molecule has 0 aromatic heterocycles. The van der Waals surface area contributed by atoms with Crippen molar-refractivity contribution in [1.29, 1.82) is 0 Å². The quantitative estimate of drug-likeness (QED) is 0.638. The lowest BCUT2D eigenvalue weighted by molar-refractivity contribution is 0.250. The molecule has 0 atom stereocenters. The van der Waals surface area contributed by atoms with Crippen LogP contribution < -0.4 is 9.64 Å². The minimum atomic E-state index is 0.599. The average Bonchev–Trinajstić information content (AvgIpc) is 2.80. The van der Waals surface area contributed by atoms with Crippen LogP contribution in [0.2, 0.25) is 0 Å². The number of nitrogens with zero attached hydrogens (tertiary/aromatic N) is 2. The Morgan fingerprint density at radius 3 is 2.38 bits per heavy atom. The third-order valence-electron chi connectivity index (χ3n) is 5.51. The van der Waals surface area contributed by atoms with E-state index in [1.165, 1.54) is 22.4 Å². The van der Waals surface area contributed by atoms with Crippen LogP contribution in [0.5, 0.6) is 5.75 Å². The van der Waals surface area contributed by atoms with E-state index in [9.17, 15) is 4.79 Å². The van der Waals surface area contributed by atoms with Crippen LogP contribution >= 0.6 is 0 Å². The van der Waals surface area contributed by atoms with Crippen molar-refractivity contribution in [2.24, 2.45) is 0 Å². The van der Waals surface area contributed by atoms with E-state index in [0.29, 0.717) is 5.56 Å². The molecule has 3 aromatic carbocycles. The van der Waals surface area contributed by atoms with Crippen molar-refractivity contribution in [3.63, 3.8) is 0 Å². The maximum Gasteiger partial charge on any atom is 0.233 e. The molecule has 0 amide bonds. The molecule has 0 aliphatic carbocycles. The molecule has 4 rings (SSSR count). The van der Waals surface area contributed by atoms with Crippen LogP contribution in [0, 0.1) is 0 Å². The van der Waals surface area contributed by atoms with Crippen molar-refractivity contribution >= 4 is 12.0 Å². The van der Waals surface area contributed by atoms with Crippen molar-refractivity contribution in [1.82, 2.24) is 4.90 Å². The molecule has 0 spiro atoms. The van der Waals surface area contributed by atoms with Crippen LogP contribution in [0.4, 0.5) is 5.69 Å². The van der Waals surface area contributed by atoms with Crippen molar-refractivity contribution < 1.29 is 9.53 Å². The van der Waals surface area contributed by atoms with Gasteiger partial charge in [0.15, 0.2) is 0 Å². The number of methoxy groups -OCH3 is 1. The number of anilines is 1. The lowest BCUT2D eigenvalue weighted by Crippen LogP contribution is -2.46. The van der Waals surface area contributed by atoms with Gasteiger partial charge in [-0.1, -0.05) is 36.4 Å². The fraction of sp³-hybridized carbons (Fsp3) is 0.240. The van der Waals surface area contributed by atoms with Gasteiger partial charge in [-0.25, -0.2) is 0 Å². The first kappa shape index (κ1) is 19.2. The number of hydrogen-bond acceptors (Lipinski definition) is 4. The maximum atomic E-state index is 10.7. The van der Waals surface area contributed by atoms with E-state index < -0.39 is 0 Å². The van der Waals surface area contributed by atoms with Gasteiger partial charge in [0.1, 0.15) is 5.75 Å². The summed E-state index contributed by atoms with van der Waals surface area (Å²) in [6.07, 6.45) is 1.93. The van der Waals surface area contributed by atoms with E-state index in [2.05, 4.69) is 46.2 Å². The summed E-state index contributed by atoms with van der Waals surface area (Å²) in [5.74, 6) is 0.879. The first-order valence-electron chi connectivity index (χ1n) is 9.94. The zero-order valence-electron chi connectivity index (χ0n) is 16.7. The topological polar surface area (TPSA) is 32.8 Å². The van der Waals surface area contributed by atoms with Crippen molar-refractivity contribution in [2.75, 3.05) is 38.2 Å². The first-order chi connectivity index (χ1) is 14.3. The fourth-order valence-corrected chi connectivity index (χ4v) is 3.88. The third-order valence-corrected chi connectivity index (χ3v) is 5.51. The zero-order valence-corrected chi connectivity index (χ0v) is 16.7. The van der Waals surface area contributed by atoms with Gasteiger partial charge in [-0.05, 0) is 53.1 Å². The molecule has 0 unspecified atom stereocenters. The molecule has 1 saturated heterocycles. The summed E-state index contributed by atoms with van der Waals surface area (Å²) >= 11 is 0. The highest BCUT2D eigenvalue weighted by Gasteiger charge is 2.18. The number of piperazine rings is 1. The lowest BCUT2D eigenvalue weighted by atomic mass is 9.99. The Hall–Kier alpha value is -3.11. The van der Waals surface area contributed by atoms with E-state index in [-0.39, 0.29) is 0 Å². The Labute approximate surface area is 172 Å². The molecule has 0 saturated carbocycles. The molecule has 4 nitrogen and oxygen atoms in total. The van der Waals surface area contributed by atoms with Gasteiger partial charge in [0.05, 0.1) is 7.11 Å². The second-order valence-electron chi connectivity index (χ2n) is 7.30. The van der Waals surface area contributed by atoms with E-state index in [1.54, 1.807) is 7.11 Å². The molecule has 4 heteroatoms. The molecular weight excluding hydrogens is 360 g/mol. The summed E-state index contributed by atoms with van der Waals surface area (Å²) in [5.41, 5.74) is 5.54. The van der Waals surface area contributed by atoms with E-state index in [0.717, 1.165) is 38.5 Å². The smallest absolute Gasteiger partial charge is 0.233 e. The van der Waals surface area contributed by atoms with Gasteiger partial charge in [-0.15, -0.1) is 0 Å². The fourth-order valence-electron chi connectivity index (χ4n) is 3.88. The minimum Gasteiger partial charge on any atom is -0.497 e. The third kappa shape index (κ3) is 4.49. The Kier molecular flexibility index (Phi) is 5.92. The van der Waals surface area contributed by atoms with Gasteiger partial charge < -0.3 is 9.64 Å². The predicted octanol–water partition coefficient (Wildman–Crippen LogP) is 4.14. The second-order valence-corrected chi connectivity index (χ2v) is 7.30. The molecule has 0 N–H and O–H groups in total. The van der Waals surface area contributed by atoms with Crippen LogP contribution in [0.15, 0.2) is 72.8 Å². The summed E-state index contributed by atoms with van der Waals surface area (Å²) in [6.45, 7) is 4.90. The average molecular weight is 385 g/mol. The normalized spacial score (nSPS) is 14.6. The minimum absolute atomic E-state index is 0.599. The molecule has 1 fully saturated rings. The number of ether oxygens (including phenoxy) is 1. The Morgan fingerprint density at radius 2 is 1.66 bits per heavy atom. The van der Waals surface area contributed by atoms with Crippen molar-refractivity contribution in [2.45, 2.75) is 6.54 Å². The van der Waals surface area contributed by atoms with Gasteiger partial charge in [0, 0.05) is 44.0 Å². The first-order valence-corrected chi connectivity index (χ1v) is 9.94. The maximum absolute atomic E-state index is 10.7. The van der Waals surface area contributed by atoms with Crippen molar-refractivity contribution in [3.8, 4) is 16.9 Å². The van der Waals surface area contributed by atoms with Gasteiger partial charge in [0.2, 0.25) is 6.29 Å². The van der Waals surface area contributed by atoms with E-state index >= 15 is 0 Å². The molecular formula is C25H25N2O2. The SMILES string of the molecule is COc1cccc(-c2ccccc2CN2CCN(c3ccc([C]=O)cc3)CC2)c1. The number of benzene rings is 3. The van der Waals surface area contributed by atoms with Gasteiger partial charge in [-0.3, -0.25) is 9.69 Å². The van der Waals surface area contributed by atoms with Crippen molar-refractivity contribution in [3.05, 3.63) is 83.9 Å². The number of hydrogen-bond donors (Lipinski definition) is 0. The highest BCUT2D eigenvalue weighted by atomic mass is 16.5. The lowest BCUT2D eigenvalue weighted by Gasteiger charge is -2.36. The second kappa shape index (κ2) is 8.93. The summed E-state index contributed by atoms with van der Waals surface area (Å²) in [5, 5.41) is 0. The standard InChI is InChI=1S/C25H25N2O2/c1-29-24-7-4-6-21(17-24)25-8-3-2-5-22(25)18-26-13-15-27(16-14-26)23-11-9-20(19-28)10-12-23/h2-12,17H,13-16,18H2,1H3. The summed E-state index contributed by atoms with van der Waals surface area (Å²) in [4.78, 5) is 15.6. The highest BCUT2D eigenvalue weighted by Crippen LogP contribution is 2.28. The number of rotatable bonds is 6. The molecule has 1 radical (unpaired) electrons. The molecule has 147 valence electrons. The Balaban J connectivity index is 1.44. The molecule has 1 heterocycles. The van der Waals surface area contributed by atoms with E-state index in [1.807, 2.05) is 42.7 Å². The van der Waals surface area contributed by atoms with Crippen LogP contribution in [-0.4, -0.2) is 44.5 Å². The largest absolute Gasteiger partial charge is 0.497 e. The molecule has 3 aromatic rings. The molecule has 0 bridgehead atoms. The number of carbonyl (C=O) groups excluding carboxylic acids is 1. The summed E-state index contributed by atoms with van der Waals surface area (Å²) in [6, 6.07) is 24.5. The van der Waals surface area contributed by atoms with Crippen LogP contribution in [-0.2, 0) is 11.3 Å². The molecule has 1 aliphatic heterocycles. The monoisotopic (exact) mass is 385 g/mol. The van der Waals surface area contributed by atoms with E-state index in [4.69, 9.17) is 4.74 Å². The molecule has 29 heavy (non-hydrogen) atoms. The Bertz CT molecular complexity index is 961. The summed E-state index contributed by atoms with van der Waals surface area (Å²) < 4.78 is 5.40. The van der Waals surface area contributed by atoms with Gasteiger partial charge >= 0.3 is 0 Å². The highest BCUT2D eigenvalue weighted by molar-refractivity contribution is 5.76. The van der Waals surface area contributed by atoms with Crippen LogP contribution in [0.25, 0.3) is 11.1 Å². The van der Waals surface area contributed by atoms with Crippen LogP contribution in [0.1, 0.15) is 11.1 Å². The Morgan fingerprint density at radius 1 is 0.897 bits per heavy atom. The van der Waals surface area contributed by atoms with Crippen LogP contribution in [0.3, 0.4) is 0 Å². The zero-order chi connectivity index (χ0) is 20.1. The predicted molar refractivity (Wildman–Crippen MR) is 117 cm³/mol. The molecule has 1 aliphatic rings.